The maximum absolute atomic E-state index is 13.0. The van der Waals surface area contributed by atoms with Gasteiger partial charge in [-0.3, -0.25) is 9.35 Å². The fraction of sp³-hybridized carbons (Fsp3) is 0.579. The van der Waals surface area contributed by atoms with Crippen molar-refractivity contribution >= 4 is 44.4 Å². The van der Waals surface area contributed by atoms with E-state index in [0.717, 1.165) is 11.3 Å². The van der Waals surface area contributed by atoms with Gasteiger partial charge in [0.1, 0.15) is 17.3 Å². The summed E-state index contributed by atoms with van der Waals surface area (Å²) in [5, 5.41) is 26.5. The molecule has 4 rings (SSSR count). The second kappa shape index (κ2) is 11.3. The van der Waals surface area contributed by atoms with Gasteiger partial charge in [0.05, 0.1) is 37.7 Å². The fourth-order valence-corrected chi connectivity index (χ4v) is 5.19. The molecule has 208 valence electrons. The molecule has 2 aromatic rings. The van der Waals surface area contributed by atoms with Crippen molar-refractivity contribution in [3.05, 3.63) is 23.0 Å². The van der Waals surface area contributed by atoms with Crippen LogP contribution in [0.2, 0.25) is 0 Å². The monoisotopic (exact) mass is 573 g/mol. The Morgan fingerprint density at radius 2 is 2.13 bits per heavy atom. The van der Waals surface area contributed by atoms with E-state index >= 15 is 0 Å². The number of β-lactam (4-membered cyclic amide) rings is 1. The normalized spacial score (nSPS) is 20.8. The molecule has 0 spiro atoms. The molecule has 1 amide bonds. The summed E-state index contributed by atoms with van der Waals surface area (Å²) in [7, 11) is -4.94. The van der Waals surface area contributed by atoms with Crippen molar-refractivity contribution in [2.24, 2.45) is 16.8 Å². The van der Waals surface area contributed by atoms with Crippen LogP contribution in [0.3, 0.4) is 0 Å². The summed E-state index contributed by atoms with van der Waals surface area (Å²) >= 11 is 1.04. The highest BCUT2D eigenvalue weighted by Crippen LogP contribution is 2.41. The lowest BCUT2D eigenvalue weighted by atomic mass is 9.84. The Bertz CT molecular complexity index is 1310. The third kappa shape index (κ3) is 6.08. The average Bonchev–Trinajstić information content (AvgIpc) is 3.31. The number of nitrogens with two attached hydrogens (primary N) is 2. The van der Waals surface area contributed by atoms with Gasteiger partial charge in [0.2, 0.25) is 11.5 Å². The number of nitrogens with zero attached hydrogens (tertiary/aromatic N) is 6. The van der Waals surface area contributed by atoms with Gasteiger partial charge in [-0.15, -0.1) is 11.3 Å². The van der Waals surface area contributed by atoms with Gasteiger partial charge >= 0.3 is 16.3 Å². The highest BCUT2D eigenvalue weighted by atomic mass is 32.2. The SMILES string of the molecule is NCCOCCNCc1cnn(CC2C(/C(=N\OC3(C(=O)O)CC3)c3csc(N)n3)C(=O)N2S(=O)(=O)O)n1. The molecule has 2 fully saturated rings. The van der Waals surface area contributed by atoms with Crippen molar-refractivity contribution in [2.45, 2.75) is 37.6 Å². The zero-order chi connectivity index (χ0) is 27.5. The highest BCUT2D eigenvalue weighted by Gasteiger charge is 2.58. The van der Waals surface area contributed by atoms with Gasteiger partial charge in [-0.2, -0.15) is 23.4 Å². The van der Waals surface area contributed by atoms with Crippen molar-refractivity contribution in [2.75, 3.05) is 32.0 Å². The summed E-state index contributed by atoms with van der Waals surface area (Å²) in [5.41, 5.74) is 10.1. The maximum Gasteiger partial charge on any atom is 0.362 e. The Morgan fingerprint density at radius 1 is 1.37 bits per heavy atom. The van der Waals surface area contributed by atoms with Crippen LogP contribution in [0.1, 0.15) is 24.2 Å². The second-order valence-corrected chi connectivity index (χ2v) is 10.7. The number of thiazole rings is 1. The first-order valence-corrected chi connectivity index (χ1v) is 13.7. The summed E-state index contributed by atoms with van der Waals surface area (Å²) in [5.74, 6) is -3.49. The number of aliphatic carboxylic acids is 1. The van der Waals surface area contributed by atoms with Crippen LogP contribution in [0.15, 0.2) is 16.7 Å². The van der Waals surface area contributed by atoms with Gasteiger partial charge in [0.15, 0.2) is 5.13 Å². The standard InChI is InChI=1S/C19H27N9O8S2/c20-3-5-35-6-4-22-7-11-8-23-27(25-11)9-13-14(16(29)28(13)38(32,33)34)15(12-10-37-18(21)24-12)26-36-19(1-2-19)17(30)31/h8,10,13-14,22H,1-7,9,20H2,(H2,21,24)(H,30,31)(H,32,33,34)/b26-15-. The van der Waals surface area contributed by atoms with Gasteiger partial charge in [-0.05, 0) is 0 Å². The smallest absolute Gasteiger partial charge is 0.362 e. The summed E-state index contributed by atoms with van der Waals surface area (Å²) in [4.78, 5) is 35.1. The van der Waals surface area contributed by atoms with E-state index in [0.29, 0.717) is 42.8 Å². The van der Waals surface area contributed by atoms with Crippen molar-refractivity contribution < 1.29 is 37.2 Å². The number of anilines is 1. The topological polar surface area (TPSA) is 250 Å². The summed E-state index contributed by atoms with van der Waals surface area (Å²) in [6.07, 6.45) is 1.89. The molecule has 17 nitrogen and oxygen atoms in total. The minimum atomic E-state index is -4.94. The van der Waals surface area contributed by atoms with E-state index < -0.39 is 39.7 Å². The van der Waals surface area contributed by atoms with Crippen molar-refractivity contribution in [3.63, 3.8) is 0 Å². The number of nitrogens with one attached hydrogen (secondary N) is 1. The fourth-order valence-electron chi connectivity index (χ4n) is 3.76. The number of oxime groups is 1. The predicted octanol–water partition coefficient (Wildman–Crippen LogP) is -1.95. The summed E-state index contributed by atoms with van der Waals surface area (Å²) < 4.78 is 39.3. The number of carbonyl (C=O) groups excluding carboxylic acids is 1. The van der Waals surface area contributed by atoms with Gasteiger partial charge in [0, 0.05) is 37.9 Å². The second-order valence-electron chi connectivity index (χ2n) is 8.56. The molecule has 1 saturated carbocycles. The van der Waals surface area contributed by atoms with E-state index in [1.807, 2.05) is 0 Å². The Labute approximate surface area is 220 Å². The number of aromatic nitrogens is 4. The molecular formula is C19H27N9O8S2. The molecule has 2 aliphatic rings. The number of carbonyl (C=O) groups is 2. The average molecular weight is 574 g/mol. The molecular weight excluding hydrogens is 546 g/mol. The van der Waals surface area contributed by atoms with Crippen LogP contribution < -0.4 is 16.8 Å². The minimum absolute atomic E-state index is 0.113. The predicted molar refractivity (Wildman–Crippen MR) is 131 cm³/mol. The van der Waals surface area contributed by atoms with Crippen LogP contribution in [0.5, 0.6) is 0 Å². The maximum atomic E-state index is 13.0. The lowest BCUT2D eigenvalue weighted by Crippen LogP contribution is -2.66. The molecule has 1 aliphatic carbocycles. The first kappa shape index (κ1) is 27.8. The lowest BCUT2D eigenvalue weighted by molar-refractivity contribution is -0.153. The van der Waals surface area contributed by atoms with Crippen LogP contribution >= 0.6 is 11.3 Å². The van der Waals surface area contributed by atoms with Gasteiger partial charge < -0.3 is 31.5 Å². The molecule has 0 aromatic carbocycles. The van der Waals surface area contributed by atoms with Crippen LogP contribution in [0, 0.1) is 5.92 Å². The van der Waals surface area contributed by atoms with Gasteiger partial charge in [0.25, 0.3) is 0 Å². The van der Waals surface area contributed by atoms with Crippen LogP contribution in [-0.4, -0.2) is 97.9 Å². The molecule has 1 saturated heterocycles. The molecule has 2 unspecified atom stereocenters. The molecule has 19 heteroatoms. The highest BCUT2D eigenvalue weighted by molar-refractivity contribution is 7.84. The molecule has 7 N–H and O–H groups in total. The first-order chi connectivity index (χ1) is 18.1. The molecule has 2 aromatic heterocycles. The zero-order valence-electron chi connectivity index (χ0n) is 20.0. The van der Waals surface area contributed by atoms with E-state index in [-0.39, 0.29) is 35.9 Å². The Morgan fingerprint density at radius 3 is 2.74 bits per heavy atom. The Balaban J connectivity index is 1.54. The number of hydrogen-bond donors (Lipinski definition) is 5. The summed E-state index contributed by atoms with van der Waals surface area (Å²) in [6, 6.07) is -1.21. The van der Waals surface area contributed by atoms with Crippen molar-refractivity contribution in [1.82, 2.24) is 29.6 Å². The van der Waals surface area contributed by atoms with Gasteiger partial charge in [-0.25, -0.2) is 14.1 Å². The van der Waals surface area contributed by atoms with Crippen LogP contribution in [-0.2, 0) is 42.6 Å². The molecule has 38 heavy (non-hydrogen) atoms. The third-order valence-corrected chi connectivity index (χ3v) is 7.46. The van der Waals surface area contributed by atoms with E-state index in [2.05, 4.69) is 25.7 Å². The quantitative estimate of drug-likeness (QED) is 0.0510. The number of carboxylic acids is 1. The Kier molecular flexibility index (Phi) is 8.23. The lowest BCUT2D eigenvalue weighted by Gasteiger charge is -2.43. The molecule has 0 radical (unpaired) electrons. The van der Waals surface area contributed by atoms with Crippen LogP contribution in [0.25, 0.3) is 0 Å². The number of rotatable bonds is 15. The molecule has 1 aliphatic heterocycles. The van der Waals surface area contributed by atoms with Crippen molar-refractivity contribution in [3.8, 4) is 0 Å². The minimum Gasteiger partial charge on any atom is -0.478 e. The number of ether oxygens (including phenoxy) is 1. The van der Waals surface area contributed by atoms with E-state index in [4.69, 9.17) is 21.0 Å². The Hall–Kier alpha value is -3.23. The largest absolute Gasteiger partial charge is 0.478 e. The number of nitrogen functional groups attached to an aromatic ring is 1. The summed E-state index contributed by atoms with van der Waals surface area (Å²) in [6.45, 7) is 1.97. The molecule has 2 atom stereocenters. The van der Waals surface area contributed by atoms with Gasteiger partial charge in [-0.1, -0.05) is 5.16 Å². The molecule has 3 heterocycles. The first-order valence-electron chi connectivity index (χ1n) is 11.4. The number of carboxylic acid groups (broad SMARTS) is 1. The number of amides is 1. The third-order valence-electron chi connectivity index (χ3n) is 5.84. The van der Waals surface area contributed by atoms with E-state index in [1.54, 1.807) is 0 Å². The molecule has 0 bridgehead atoms. The zero-order valence-corrected chi connectivity index (χ0v) is 21.6. The van der Waals surface area contributed by atoms with E-state index in [9.17, 15) is 27.7 Å². The van der Waals surface area contributed by atoms with Crippen LogP contribution in [0.4, 0.5) is 5.13 Å². The van der Waals surface area contributed by atoms with Crippen molar-refractivity contribution in [1.29, 1.82) is 0 Å². The number of hydrogen-bond acceptors (Lipinski definition) is 14. The van der Waals surface area contributed by atoms with E-state index in [1.165, 1.54) is 16.4 Å².